The van der Waals surface area contributed by atoms with E-state index in [-0.39, 0.29) is 17.9 Å². The number of ether oxygens (including phenoxy) is 2. The molecule has 9 heteroatoms. The fraction of sp³-hybridized carbons (Fsp3) is 0.100. The molecule has 9 nitrogen and oxygen atoms in total. The van der Waals surface area contributed by atoms with Gasteiger partial charge in [0.05, 0.1) is 25.5 Å². The summed E-state index contributed by atoms with van der Waals surface area (Å²) in [7, 11) is 3.09. The van der Waals surface area contributed by atoms with Crippen molar-refractivity contribution >= 4 is 17.4 Å². The van der Waals surface area contributed by atoms with E-state index < -0.39 is 0 Å². The number of carbonyl (C=O) groups excluding carboxylic acids is 1. The fourth-order valence-electron chi connectivity index (χ4n) is 4.72. The first-order valence-electron chi connectivity index (χ1n) is 12.3. The van der Waals surface area contributed by atoms with Gasteiger partial charge >= 0.3 is 6.01 Å². The van der Waals surface area contributed by atoms with Crippen molar-refractivity contribution in [2.24, 2.45) is 0 Å². The molecule has 0 aliphatic carbocycles. The van der Waals surface area contributed by atoms with Crippen LogP contribution >= 0.6 is 0 Å². The molecule has 3 aromatic carbocycles. The molecule has 5 aromatic rings. The predicted molar refractivity (Wildman–Crippen MR) is 147 cm³/mol. The minimum Gasteiger partial charge on any atom is -0.497 e. The van der Waals surface area contributed by atoms with Crippen LogP contribution in [0.3, 0.4) is 0 Å². The highest BCUT2D eigenvalue weighted by atomic mass is 16.5. The van der Waals surface area contributed by atoms with Gasteiger partial charge in [0.25, 0.3) is 5.91 Å². The molecule has 3 heterocycles. The number of nitrogens with one attached hydrogen (secondary N) is 1. The lowest BCUT2D eigenvalue weighted by molar-refractivity contribution is 0.0958. The smallest absolute Gasteiger partial charge is 0.320 e. The van der Waals surface area contributed by atoms with E-state index in [2.05, 4.69) is 20.3 Å². The molecule has 0 unspecified atom stereocenters. The summed E-state index contributed by atoms with van der Waals surface area (Å²) < 4.78 is 12.0. The van der Waals surface area contributed by atoms with Crippen molar-refractivity contribution in [1.29, 1.82) is 0 Å². The Morgan fingerprint density at radius 2 is 1.49 bits per heavy atom. The lowest BCUT2D eigenvalue weighted by Crippen LogP contribution is -2.27. The molecule has 192 valence electrons. The summed E-state index contributed by atoms with van der Waals surface area (Å²) in [6, 6.07) is 27.4. The van der Waals surface area contributed by atoms with Crippen LogP contribution in [0.4, 0.5) is 5.95 Å². The van der Waals surface area contributed by atoms with Crippen LogP contribution in [-0.4, -0.2) is 44.9 Å². The lowest BCUT2D eigenvalue weighted by atomic mass is 9.92. The van der Waals surface area contributed by atoms with Crippen molar-refractivity contribution in [2.45, 2.75) is 6.42 Å². The molecule has 0 saturated heterocycles. The number of anilines is 1. The maximum absolute atomic E-state index is 14.2. The first-order chi connectivity index (χ1) is 19.2. The SMILES string of the molecule is COc1ccc(C2=C(Nc3ncnc(OC)n3)Cc3c(-c4ccccc4)c(-c4ccccc4)nn3C2=O)cc1. The standard InChI is InChI=1S/C30H24N6O3/c1-38-22-15-13-20(14-16-22)25-23(33-29-31-18-32-30(34-29)39-2)17-24-26(19-9-5-3-6-10-19)27(35-36(24)28(25)37)21-11-7-4-8-12-21/h3-16,18H,17H2,1-2H3,(H,31,32,33,34). The van der Waals surface area contributed by atoms with Crippen molar-refractivity contribution in [3.05, 3.63) is 108 Å². The number of rotatable bonds is 7. The Hall–Kier alpha value is -5.31. The van der Waals surface area contributed by atoms with Gasteiger partial charge in [-0.2, -0.15) is 19.7 Å². The average molecular weight is 517 g/mol. The van der Waals surface area contributed by atoms with Crippen LogP contribution in [0.2, 0.25) is 0 Å². The second kappa shape index (κ2) is 10.2. The van der Waals surface area contributed by atoms with E-state index >= 15 is 0 Å². The Morgan fingerprint density at radius 1 is 0.795 bits per heavy atom. The van der Waals surface area contributed by atoms with E-state index in [1.165, 1.54) is 18.1 Å². The second-order valence-corrected chi connectivity index (χ2v) is 8.80. The highest BCUT2D eigenvalue weighted by Gasteiger charge is 2.33. The summed E-state index contributed by atoms with van der Waals surface area (Å²) >= 11 is 0. The van der Waals surface area contributed by atoms with E-state index in [1.54, 1.807) is 7.11 Å². The summed E-state index contributed by atoms with van der Waals surface area (Å²) in [5.41, 5.74) is 6.12. The van der Waals surface area contributed by atoms with Gasteiger partial charge in [-0.1, -0.05) is 72.8 Å². The summed E-state index contributed by atoms with van der Waals surface area (Å²) in [4.78, 5) is 26.8. The van der Waals surface area contributed by atoms with E-state index in [4.69, 9.17) is 14.6 Å². The van der Waals surface area contributed by atoms with Gasteiger partial charge in [-0.05, 0) is 23.3 Å². The Morgan fingerprint density at radius 3 is 2.15 bits per heavy atom. The summed E-state index contributed by atoms with van der Waals surface area (Å²) in [6.45, 7) is 0. The molecule has 39 heavy (non-hydrogen) atoms. The molecule has 1 aliphatic heterocycles. The Labute approximate surface area is 224 Å². The number of aromatic nitrogens is 5. The van der Waals surface area contributed by atoms with Gasteiger partial charge in [-0.25, -0.2) is 4.98 Å². The number of methoxy groups -OCH3 is 2. The molecule has 0 amide bonds. The molecule has 0 fully saturated rings. The van der Waals surface area contributed by atoms with Crippen LogP contribution in [0.15, 0.2) is 97.0 Å². The van der Waals surface area contributed by atoms with Crippen molar-refractivity contribution in [3.63, 3.8) is 0 Å². The van der Waals surface area contributed by atoms with Crippen LogP contribution in [0.5, 0.6) is 11.8 Å². The van der Waals surface area contributed by atoms with Crippen molar-refractivity contribution in [2.75, 3.05) is 19.5 Å². The van der Waals surface area contributed by atoms with Crippen LogP contribution in [0.1, 0.15) is 16.1 Å². The number of carbonyl (C=O) groups is 1. The maximum atomic E-state index is 14.2. The van der Waals surface area contributed by atoms with Crippen LogP contribution < -0.4 is 14.8 Å². The van der Waals surface area contributed by atoms with Gasteiger partial charge in [-0.15, -0.1) is 0 Å². The van der Waals surface area contributed by atoms with Gasteiger partial charge in [0.15, 0.2) is 0 Å². The number of benzene rings is 3. The molecule has 6 rings (SSSR count). The topological polar surface area (TPSA) is 104 Å². The van der Waals surface area contributed by atoms with Gasteiger partial charge in [0, 0.05) is 23.2 Å². The third-order valence-corrected chi connectivity index (χ3v) is 6.52. The Bertz CT molecular complexity index is 1680. The van der Waals surface area contributed by atoms with Crippen molar-refractivity contribution in [1.82, 2.24) is 24.7 Å². The fourth-order valence-corrected chi connectivity index (χ4v) is 4.72. The van der Waals surface area contributed by atoms with Crippen molar-refractivity contribution in [3.8, 4) is 34.1 Å². The third kappa shape index (κ3) is 4.50. The first-order valence-corrected chi connectivity index (χ1v) is 12.3. The van der Waals surface area contributed by atoms with Crippen molar-refractivity contribution < 1.29 is 14.3 Å². The zero-order chi connectivity index (χ0) is 26.8. The Kier molecular flexibility index (Phi) is 6.30. The molecular weight excluding hydrogens is 492 g/mol. The number of allylic oxidation sites excluding steroid dienone is 2. The monoisotopic (exact) mass is 516 g/mol. The lowest BCUT2D eigenvalue weighted by Gasteiger charge is -2.22. The third-order valence-electron chi connectivity index (χ3n) is 6.52. The van der Waals surface area contributed by atoms with E-state index in [1.807, 2.05) is 84.9 Å². The summed E-state index contributed by atoms with van der Waals surface area (Å²) in [6.07, 6.45) is 1.74. The summed E-state index contributed by atoms with van der Waals surface area (Å²) in [5.74, 6) is 0.703. The van der Waals surface area contributed by atoms with E-state index in [0.29, 0.717) is 29.0 Å². The largest absolute Gasteiger partial charge is 0.497 e. The van der Waals surface area contributed by atoms with Crippen LogP contribution in [0.25, 0.3) is 28.0 Å². The van der Waals surface area contributed by atoms with Crippen LogP contribution in [-0.2, 0) is 6.42 Å². The average Bonchev–Trinajstić information content (AvgIpc) is 3.38. The molecule has 0 bridgehead atoms. The zero-order valence-electron chi connectivity index (χ0n) is 21.3. The first kappa shape index (κ1) is 24.1. The Balaban J connectivity index is 1.55. The molecule has 0 radical (unpaired) electrons. The number of fused-ring (bicyclic) bond motifs is 1. The van der Waals surface area contributed by atoms with E-state index in [9.17, 15) is 4.79 Å². The molecule has 2 aromatic heterocycles. The number of nitrogens with zero attached hydrogens (tertiary/aromatic N) is 5. The molecule has 0 spiro atoms. The predicted octanol–water partition coefficient (Wildman–Crippen LogP) is 5.14. The number of hydrogen-bond acceptors (Lipinski definition) is 8. The molecule has 0 saturated carbocycles. The minimum absolute atomic E-state index is 0.169. The molecular formula is C30H24N6O3. The normalized spacial score (nSPS) is 12.7. The minimum atomic E-state index is -0.260. The quantitative estimate of drug-likeness (QED) is 0.317. The molecule has 1 N–H and O–H groups in total. The molecule has 1 aliphatic rings. The second-order valence-electron chi connectivity index (χ2n) is 8.80. The van der Waals surface area contributed by atoms with Gasteiger partial charge in [0.2, 0.25) is 5.95 Å². The zero-order valence-corrected chi connectivity index (χ0v) is 21.3. The highest BCUT2D eigenvalue weighted by molar-refractivity contribution is 6.23. The highest BCUT2D eigenvalue weighted by Crippen LogP contribution is 2.40. The van der Waals surface area contributed by atoms with Gasteiger partial charge < -0.3 is 14.8 Å². The number of hydrogen-bond donors (Lipinski definition) is 1. The van der Waals surface area contributed by atoms with Crippen LogP contribution in [0, 0.1) is 0 Å². The summed E-state index contributed by atoms with van der Waals surface area (Å²) in [5, 5.41) is 8.15. The van der Waals surface area contributed by atoms with Gasteiger partial charge in [0.1, 0.15) is 17.8 Å². The maximum Gasteiger partial charge on any atom is 0.320 e. The molecule has 0 atom stereocenters. The van der Waals surface area contributed by atoms with Gasteiger partial charge in [-0.3, -0.25) is 4.79 Å². The van der Waals surface area contributed by atoms with E-state index in [0.717, 1.165) is 28.1 Å².